The van der Waals surface area contributed by atoms with Gasteiger partial charge in [0.25, 0.3) is 0 Å². The second-order valence-electron chi connectivity index (χ2n) is 3.13. The average molecular weight is 203 g/mol. The van der Waals surface area contributed by atoms with Gasteiger partial charge < -0.3 is 11.1 Å². The van der Waals surface area contributed by atoms with E-state index in [1.165, 1.54) is 0 Å². The first kappa shape index (κ1) is 10.2. The molecule has 1 aliphatic rings. The van der Waals surface area contributed by atoms with Gasteiger partial charge in [-0.3, -0.25) is 9.59 Å². The molecule has 0 radical (unpaired) electrons. The highest BCUT2D eigenvalue weighted by molar-refractivity contribution is 5.85. The number of rotatable bonds is 1. The van der Waals surface area contributed by atoms with E-state index < -0.39 is 10.9 Å². The second kappa shape index (κ2) is 3.47. The van der Waals surface area contributed by atoms with E-state index in [0.717, 1.165) is 19.4 Å². The fraction of sp³-hybridized carbons (Fsp3) is 0.500. The lowest BCUT2D eigenvalue weighted by Gasteiger charge is -2.13. The summed E-state index contributed by atoms with van der Waals surface area (Å²) < 4.78 is 0. The molecule has 2 rings (SSSR count). The van der Waals surface area contributed by atoms with Crippen molar-refractivity contribution in [2.75, 3.05) is 12.3 Å². The molecule has 1 fully saturated rings. The molecule has 0 spiro atoms. The van der Waals surface area contributed by atoms with E-state index in [2.05, 4.69) is 5.32 Å². The standard InChI is InChI=1S/C8H10N2O2.ClH/c9-6-5(7(11)8(6)12)4-2-1-3-10-4;/h4,10H,1-3,9H2;1H. The fourth-order valence-corrected chi connectivity index (χ4v) is 1.70. The first-order chi connectivity index (χ1) is 5.72. The van der Waals surface area contributed by atoms with Gasteiger partial charge in [0, 0.05) is 11.6 Å². The van der Waals surface area contributed by atoms with Gasteiger partial charge in [0.05, 0.1) is 5.69 Å². The third-order valence-electron chi connectivity index (χ3n) is 2.39. The predicted octanol–water partition coefficient (Wildman–Crippen LogP) is -0.289. The Hall–Kier alpha value is -0.870. The van der Waals surface area contributed by atoms with Crippen LogP contribution in [0.4, 0.5) is 5.69 Å². The number of anilines is 1. The van der Waals surface area contributed by atoms with Crippen molar-refractivity contribution in [3.05, 3.63) is 26.0 Å². The molecule has 5 heteroatoms. The van der Waals surface area contributed by atoms with Gasteiger partial charge in [-0.25, -0.2) is 0 Å². The molecule has 1 aliphatic heterocycles. The number of hydrogen-bond acceptors (Lipinski definition) is 4. The van der Waals surface area contributed by atoms with Gasteiger partial charge in [-0.05, 0) is 19.4 Å². The highest BCUT2D eigenvalue weighted by Crippen LogP contribution is 2.23. The first-order valence-corrected chi connectivity index (χ1v) is 4.04. The van der Waals surface area contributed by atoms with E-state index in [-0.39, 0.29) is 24.1 Å². The fourth-order valence-electron chi connectivity index (χ4n) is 1.70. The minimum atomic E-state index is -0.515. The van der Waals surface area contributed by atoms with Crippen molar-refractivity contribution in [2.45, 2.75) is 18.9 Å². The third kappa shape index (κ3) is 1.36. The number of halogens is 1. The summed E-state index contributed by atoms with van der Waals surface area (Å²) in [4.78, 5) is 21.8. The quantitative estimate of drug-likeness (QED) is 0.614. The lowest BCUT2D eigenvalue weighted by Crippen LogP contribution is -2.41. The van der Waals surface area contributed by atoms with Crippen LogP contribution in [0.5, 0.6) is 0 Å². The zero-order valence-corrected chi connectivity index (χ0v) is 7.82. The summed E-state index contributed by atoms with van der Waals surface area (Å²) in [6.07, 6.45) is 1.96. The monoisotopic (exact) mass is 202 g/mol. The normalized spacial score (nSPS) is 21.7. The van der Waals surface area contributed by atoms with Gasteiger partial charge in [-0.1, -0.05) is 0 Å². The van der Waals surface area contributed by atoms with Crippen LogP contribution in [0.2, 0.25) is 0 Å². The lowest BCUT2D eigenvalue weighted by molar-refractivity contribution is 0.639. The van der Waals surface area contributed by atoms with Crippen molar-refractivity contribution in [3.8, 4) is 0 Å². The maximum atomic E-state index is 11.0. The summed E-state index contributed by atoms with van der Waals surface area (Å²) in [5.41, 5.74) is 5.17. The highest BCUT2D eigenvalue weighted by atomic mass is 35.5. The van der Waals surface area contributed by atoms with Crippen molar-refractivity contribution in [2.24, 2.45) is 0 Å². The van der Waals surface area contributed by atoms with E-state index in [0.29, 0.717) is 5.56 Å². The molecule has 1 saturated heterocycles. The van der Waals surface area contributed by atoms with Crippen LogP contribution in [0.15, 0.2) is 9.59 Å². The van der Waals surface area contributed by atoms with E-state index in [1.54, 1.807) is 0 Å². The Morgan fingerprint density at radius 1 is 1.31 bits per heavy atom. The average Bonchev–Trinajstić information content (AvgIpc) is 2.57. The molecule has 1 heterocycles. The highest BCUT2D eigenvalue weighted by Gasteiger charge is 2.27. The first-order valence-electron chi connectivity index (χ1n) is 4.04. The van der Waals surface area contributed by atoms with Crippen molar-refractivity contribution >= 4 is 18.1 Å². The Kier molecular flexibility index (Phi) is 2.73. The minimum absolute atomic E-state index is 0. The lowest BCUT2D eigenvalue weighted by atomic mass is 9.98. The zero-order chi connectivity index (χ0) is 8.72. The molecule has 1 atom stereocenters. The van der Waals surface area contributed by atoms with Crippen LogP contribution >= 0.6 is 12.4 Å². The Bertz CT molecular complexity index is 375. The summed E-state index contributed by atoms with van der Waals surface area (Å²) in [5.74, 6) is 0. The Balaban J connectivity index is 0.000000845. The SMILES string of the molecule is Cl.Nc1c(C2CCCN2)c(=O)c1=O. The molecule has 0 aromatic heterocycles. The minimum Gasteiger partial charge on any atom is -0.395 e. The van der Waals surface area contributed by atoms with Crippen LogP contribution in [-0.4, -0.2) is 6.54 Å². The van der Waals surface area contributed by atoms with Crippen LogP contribution < -0.4 is 21.9 Å². The molecule has 0 bridgehead atoms. The van der Waals surface area contributed by atoms with Crippen molar-refractivity contribution < 1.29 is 0 Å². The summed E-state index contributed by atoms with van der Waals surface area (Å²) in [6, 6.07) is 0.0372. The van der Waals surface area contributed by atoms with Gasteiger partial charge in [-0.15, -0.1) is 12.4 Å². The Morgan fingerprint density at radius 2 is 2.00 bits per heavy atom. The smallest absolute Gasteiger partial charge is 0.249 e. The topological polar surface area (TPSA) is 72.2 Å². The van der Waals surface area contributed by atoms with Crippen molar-refractivity contribution in [1.82, 2.24) is 5.32 Å². The van der Waals surface area contributed by atoms with Crippen LogP contribution in [0, 0.1) is 0 Å². The van der Waals surface area contributed by atoms with E-state index in [9.17, 15) is 9.59 Å². The summed E-state index contributed by atoms with van der Waals surface area (Å²) in [7, 11) is 0. The van der Waals surface area contributed by atoms with Gasteiger partial charge in [-0.2, -0.15) is 0 Å². The second-order valence-corrected chi connectivity index (χ2v) is 3.13. The molecule has 0 aliphatic carbocycles. The van der Waals surface area contributed by atoms with Crippen molar-refractivity contribution in [3.63, 3.8) is 0 Å². The molecule has 0 amide bonds. The van der Waals surface area contributed by atoms with Gasteiger partial charge >= 0.3 is 0 Å². The zero-order valence-electron chi connectivity index (χ0n) is 7.00. The summed E-state index contributed by atoms with van der Waals surface area (Å²) in [5, 5.41) is 3.13. The molecule has 1 aromatic carbocycles. The summed E-state index contributed by atoms with van der Waals surface area (Å²) >= 11 is 0. The number of nitrogens with one attached hydrogen (secondary N) is 1. The molecule has 4 nitrogen and oxygen atoms in total. The van der Waals surface area contributed by atoms with Crippen molar-refractivity contribution in [1.29, 1.82) is 0 Å². The van der Waals surface area contributed by atoms with E-state index >= 15 is 0 Å². The van der Waals surface area contributed by atoms with Crippen LogP contribution in [0.3, 0.4) is 0 Å². The maximum Gasteiger partial charge on any atom is 0.249 e. The Morgan fingerprint density at radius 3 is 2.46 bits per heavy atom. The van der Waals surface area contributed by atoms with Crippen LogP contribution in [-0.2, 0) is 0 Å². The van der Waals surface area contributed by atoms with E-state index in [1.807, 2.05) is 0 Å². The number of nitrogen functional groups attached to an aromatic ring is 1. The number of hydrogen-bond donors (Lipinski definition) is 2. The van der Waals surface area contributed by atoms with Gasteiger partial charge in [0.15, 0.2) is 0 Å². The molecule has 1 unspecified atom stereocenters. The molecule has 0 saturated carbocycles. The summed E-state index contributed by atoms with van der Waals surface area (Å²) in [6.45, 7) is 0.906. The molecule has 1 aromatic rings. The van der Waals surface area contributed by atoms with Gasteiger partial charge in [0.1, 0.15) is 0 Å². The molecule has 13 heavy (non-hydrogen) atoms. The molecular formula is C8H11ClN2O2. The van der Waals surface area contributed by atoms with E-state index in [4.69, 9.17) is 5.73 Å². The Labute approximate surface area is 81.2 Å². The van der Waals surface area contributed by atoms with Crippen LogP contribution in [0.1, 0.15) is 24.4 Å². The number of nitrogens with two attached hydrogens (primary N) is 1. The predicted molar refractivity (Wildman–Crippen MR) is 53.0 cm³/mol. The third-order valence-corrected chi connectivity index (χ3v) is 2.39. The largest absolute Gasteiger partial charge is 0.395 e. The van der Waals surface area contributed by atoms with Gasteiger partial charge in [0.2, 0.25) is 10.9 Å². The van der Waals surface area contributed by atoms with Crippen LogP contribution in [0.25, 0.3) is 0 Å². The molecule has 3 N–H and O–H groups in total. The molecule has 72 valence electrons. The maximum absolute atomic E-state index is 11.0. The molecular weight excluding hydrogens is 192 g/mol.